The number of hydrogen-bond donors (Lipinski definition) is 0. The Labute approximate surface area is 111 Å². The number of carbonyl (C=O) groups is 1. The molecule has 0 saturated heterocycles. The van der Waals surface area contributed by atoms with E-state index in [0.717, 1.165) is 0 Å². The Morgan fingerprint density at radius 1 is 1.18 bits per heavy atom. The summed E-state index contributed by atoms with van der Waals surface area (Å²) >= 11 is 12.0. The van der Waals surface area contributed by atoms with E-state index in [1.54, 1.807) is 35.3 Å². The monoisotopic (exact) mass is 269 g/mol. The number of benzene rings is 1. The first-order chi connectivity index (χ1) is 8.11. The maximum absolute atomic E-state index is 12.2. The molecular formula is C13H13Cl2NO. The third kappa shape index (κ3) is 3.35. The van der Waals surface area contributed by atoms with Gasteiger partial charge < -0.3 is 4.90 Å². The Morgan fingerprint density at radius 3 is 2.06 bits per heavy atom. The molecule has 0 spiro atoms. The van der Waals surface area contributed by atoms with Crippen molar-refractivity contribution in [2.45, 2.75) is 0 Å². The zero-order valence-corrected chi connectivity index (χ0v) is 10.8. The standard InChI is InChI=1S/C13H13Cl2NO/c1-3-8-16(9-4-2)13(17)12-10(14)6-5-7-11(12)15/h3-7H,1-2,8-9H2. The van der Waals surface area contributed by atoms with E-state index in [2.05, 4.69) is 13.2 Å². The summed E-state index contributed by atoms with van der Waals surface area (Å²) in [5.41, 5.74) is 0.319. The van der Waals surface area contributed by atoms with Gasteiger partial charge >= 0.3 is 0 Å². The van der Waals surface area contributed by atoms with Gasteiger partial charge in [-0.1, -0.05) is 41.4 Å². The quantitative estimate of drug-likeness (QED) is 0.745. The van der Waals surface area contributed by atoms with E-state index >= 15 is 0 Å². The second-order valence-electron chi connectivity index (χ2n) is 3.38. The number of carbonyl (C=O) groups excluding carboxylic acids is 1. The lowest BCUT2D eigenvalue weighted by Crippen LogP contribution is -2.31. The van der Waals surface area contributed by atoms with Crippen molar-refractivity contribution < 1.29 is 4.79 Å². The summed E-state index contributed by atoms with van der Waals surface area (Å²) in [7, 11) is 0. The zero-order chi connectivity index (χ0) is 12.8. The third-order valence-electron chi connectivity index (χ3n) is 2.16. The lowest BCUT2D eigenvalue weighted by atomic mass is 10.2. The maximum atomic E-state index is 12.2. The molecule has 0 atom stereocenters. The largest absolute Gasteiger partial charge is 0.331 e. The van der Waals surface area contributed by atoms with E-state index < -0.39 is 0 Å². The van der Waals surface area contributed by atoms with Crippen molar-refractivity contribution in [1.29, 1.82) is 0 Å². The molecule has 1 aromatic rings. The molecular weight excluding hydrogens is 257 g/mol. The fraction of sp³-hybridized carbons (Fsp3) is 0.154. The highest BCUT2D eigenvalue weighted by atomic mass is 35.5. The highest BCUT2D eigenvalue weighted by molar-refractivity contribution is 6.39. The summed E-state index contributed by atoms with van der Waals surface area (Å²) in [6.45, 7) is 8.07. The molecule has 0 aliphatic heterocycles. The van der Waals surface area contributed by atoms with Crippen LogP contribution < -0.4 is 0 Å². The van der Waals surface area contributed by atoms with Crippen LogP contribution in [-0.4, -0.2) is 23.9 Å². The van der Waals surface area contributed by atoms with E-state index in [-0.39, 0.29) is 5.91 Å². The summed E-state index contributed by atoms with van der Waals surface area (Å²) in [5, 5.41) is 0.696. The van der Waals surface area contributed by atoms with Crippen molar-refractivity contribution in [2.24, 2.45) is 0 Å². The molecule has 4 heteroatoms. The van der Waals surface area contributed by atoms with Crippen LogP contribution in [0.1, 0.15) is 10.4 Å². The van der Waals surface area contributed by atoms with E-state index in [1.807, 2.05) is 0 Å². The SMILES string of the molecule is C=CCN(CC=C)C(=O)c1c(Cl)cccc1Cl. The van der Waals surface area contributed by atoms with Crippen LogP contribution in [0.2, 0.25) is 10.0 Å². The minimum Gasteiger partial charge on any atom is -0.331 e. The predicted octanol–water partition coefficient (Wildman–Crippen LogP) is 3.81. The first kappa shape index (κ1) is 13.8. The summed E-state index contributed by atoms with van der Waals surface area (Å²) in [5.74, 6) is -0.222. The molecule has 0 saturated carbocycles. The highest BCUT2D eigenvalue weighted by Crippen LogP contribution is 2.25. The van der Waals surface area contributed by atoms with Crippen molar-refractivity contribution >= 4 is 29.1 Å². The lowest BCUT2D eigenvalue weighted by Gasteiger charge is -2.20. The Kier molecular flexibility index (Phi) is 5.26. The van der Waals surface area contributed by atoms with E-state index in [1.165, 1.54) is 0 Å². The van der Waals surface area contributed by atoms with Gasteiger partial charge in [-0.15, -0.1) is 13.2 Å². The molecule has 0 heterocycles. The van der Waals surface area contributed by atoms with Gasteiger partial charge in [0.25, 0.3) is 5.91 Å². The van der Waals surface area contributed by atoms with Crippen LogP contribution in [0.25, 0.3) is 0 Å². The molecule has 2 nitrogen and oxygen atoms in total. The molecule has 0 aromatic heterocycles. The van der Waals surface area contributed by atoms with Crippen molar-refractivity contribution in [2.75, 3.05) is 13.1 Å². The molecule has 0 bridgehead atoms. The van der Waals surface area contributed by atoms with Crippen molar-refractivity contribution in [3.05, 3.63) is 59.1 Å². The predicted molar refractivity (Wildman–Crippen MR) is 72.8 cm³/mol. The molecule has 0 aliphatic carbocycles. The van der Waals surface area contributed by atoms with Gasteiger partial charge in [-0.3, -0.25) is 4.79 Å². The minimum absolute atomic E-state index is 0.222. The van der Waals surface area contributed by atoms with Crippen molar-refractivity contribution in [1.82, 2.24) is 4.90 Å². The van der Waals surface area contributed by atoms with Gasteiger partial charge in [-0.2, -0.15) is 0 Å². The maximum Gasteiger partial charge on any atom is 0.257 e. The summed E-state index contributed by atoms with van der Waals surface area (Å²) in [4.78, 5) is 13.8. The van der Waals surface area contributed by atoms with Crippen molar-refractivity contribution in [3.63, 3.8) is 0 Å². The topological polar surface area (TPSA) is 20.3 Å². The van der Waals surface area contributed by atoms with Gasteiger partial charge in [0, 0.05) is 13.1 Å². The first-order valence-electron chi connectivity index (χ1n) is 5.07. The Bertz CT molecular complexity index is 413. The molecule has 0 fully saturated rings. The van der Waals surface area contributed by atoms with Gasteiger partial charge in [0.15, 0.2) is 0 Å². The van der Waals surface area contributed by atoms with E-state index in [9.17, 15) is 4.79 Å². The number of halogens is 2. The lowest BCUT2D eigenvalue weighted by molar-refractivity contribution is 0.0791. The Balaban J connectivity index is 3.08. The fourth-order valence-electron chi connectivity index (χ4n) is 1.41. The van der Waals surface area contributed by atoms with Crippen LogP contribution in [0.15, 0.2) is 43.5 Å². The molecule has 0 radical (unpaired) electrons. The average molecular weight is 270 g/mol. The molecule has 1 rings (SSSR count). The summed E-state index contributed by atoms with van der Waals surface area (Å²) in [6, 6.07) is 4.98. The second kappa shape index (κ2) is 6.48. The van der Waals surface area contributed by atoms with Gasteiger partial charge in [-0.05, 0) is 12.1 Å². The Morgan fingerprint density at radius 2 is 1.65 bits per heavy atom. The fourth-order valence-corrected chi connectivity index (χ4v) is 1.97. The first-order valence-corrected chi connectivity index (χ1v) is 5.82. The van der Waals surface area contributed by atoms with E-state index in [0.29, 0.717) is 28.7 Å². The molecule has 1 aromatic carbocycles. The molecule has 0 N–H and O–H groups in total. The molecule has 1 amide bonds. The van der Waals surface area contributed by atoms with Crippen LogP contribution >= 0.6 is 23.2 Å². The number of nitrogens with zero attached hydrogens (tertiary/aromatic N) is 1. The third-order valence-corrected chi connectivity index (χ3v) is 2.79. The highest BCUT2D eigenvalue weighted by Gasteiger charge is 2.19. The van der Waals surface area contributed by atoms with Gasteiger partial charge in [0.2, 0.25) is 0 Å². The Hall–Kier alpha value is -1.25. The average Bonchev–Trinajstić information content (AvgIpc) is 2.28. The van der Waals surface area contributed by atoms with Crippen LogP contribution in [0.4, 0.5) is 0 Å². The second-order valence-corrected chi connectivity index (χ2v) is 4.20. The molecule has 90 valence electrons. The molecule has 17 heavy (non-hydrogen) atoms. The number of hydrogen-bond acceptors (Lipinski definition) is 1. The number of rotatable bonds is 5. The van der Waals surface area contributed by atoms with Gasteiger partial charge in [-0.25, -0.2) is 0 Å². The van der Waals surface area contributed by atoms with Crippen LogP contribution in [0.5, 0.6) is 0 Å². The van der Waals surface area contributed by atoms with Crippen LogP contribution in [0, 0.1) is 0 Å². The van der Waals surface area contributed by atoms with Crippen LogP contribution in [0.3, 0.4) is 0 Å². The van der Waals surface area contributed by atoms with Gasteiger partial charge in [0.1, 0.15) is 0 Å². The smallest absolute Gasteiger partial charge is 0.257 e. The normalized spacial score (nSPS) is 9.76. The number of amides is 1. The van der Waals surface area contributed by atoms with Gasteiger partial charge in [0.05, 0.1) is 15.6 Å². The minimum atomic E-state index is -0.222. The van der Waals surface area contributed by atoms with Crippen molar-refractivity contribution in [3.8, 4) is 0 Å². The molecule has 0 unspecified atom stereocenters. The zero-order valence-electron chi connectivity index (χ0n) is 9.33. The van der Waals surface area contributed by atoms with E-state index in [4.69, 9.17) is 23.2 Å². The van der Waals surface area contributed by atoms with Crippen LogP contribution in [-0.2, 0) is 0 Å². The summed E-state index contributed by atoms with van der Waals surface area (Å²) in [6.07, 6.45) is 3.29. The molecule has 0 aliphatic rings. The summed E-state index contributed by atoms with van der Waals surface area (Å²) < 4.78 is 0.